The number of rotatable bonds is 3. The van der Waals surface area contributed by atoms with Crippen LogP contribution in [-0.4, -0.2) is 11.5 Å². The van der Waals surface area contributed by atoms with Crippen LogP contribution in [0.1, 0.15) is 5.56 Å². The van der Waals surface area contributed by atoms with E-state index in [-0.39, 0.29) is 0 Å². The van der Waals surface area contributed by atoms with Crippen molar-refractivity contribution in [2.45, 2.75) is 6.42 Å². The monoisotopic (exact) mass is 184 g/mol. The van der Waals surface area contributed by atoms with Gasteiger partial charge in [-0.2, -0.15) is 4.39 Å². The Morgan fingerprint density at radius 2 is 2.23 bits per heavy atom. The summed E-state index contributed by atoms with van der Waals surface area (Å²) in [6.07, 6.45) is 0.515. The molecule has 13 heavy (non-hydrogen) atoms. The number of hydrogen-bond acceptors (Lipinski definition) is 3. The first-order valence-electron chi connectivity index (χ1n) is 3.78. The second-order valence-electron chi connectivity index (χ2n) is 2.58. The Labute approximate surface area is 74.3 Å². The molecular formula is C8H9FN2O2. The predicted molar refractivity (Wildman–Crippen MR) is 45.8 cm³/mol. The summed E-state index contributed by atoms with van der Waals surface area (Å²) in [5.41, 5.74) is 5.44. The predicted octanol–water partition coefficient (Wildman–Crippen LogP) is 1.24. The average molecular weight is 184 g/mol. The van der Waals surface area contributed by atoms with Gasteiger partial charge in [0.25, 0.3) is 0 Å². The van der Waals surface area contributed by atoms with Crippen molar-refractivity contribution in [3.8, 4) is 0 Å². The minimum atomic E-state index is -0.814. The van der Waals surface area contributed by atoms with Crippen LogP contribution in [0.3, 0.4) is 0 Å². The number of nitro benzene ring substituents is 1. The van der Waals surface area contributed by atoms with Crippen molar-refractivity contribution in [3.63, 3.8) is 0 Å². The summed E-state index contributed by atoms with van der Waals surface area (Å²) in [5, 5.41) is 10.3. The van der Waals surface area contributed by atoms with E-state index in [0.29, 0.717) is 18.5 Å². The lowest BCUT2D eigenvalue weighted by molar-refractivity contribution is -0.387. The number of hydrogen-bond donors (Lipinski definition) is 1. The average Bonchev–Trinajstić information content (AvgIpc) is 2.08. The van der Waals surface area contributed by atoms with Gasteiger partial charge in [-0.15, -0.1) is 0 Å². The Morgan fingerprint density at radius 3 is 2.77 bits per heavy atom. The van der Waals surface area contributed by atoms with Gasteiger partial charge in [0, 0.05) is 6.07 Å². The van der Waals surface area contributed by atoms with E-state index in [9.17, 15) is 14.5 Å². The highest BCUT2D eigenvalue weighted by Crippen LogP contribution is 2.18. The van der Waals surface area contributed by atoms with Gasteiger partial charge in [0.05, 0.1) is 4.92 Å². The number of nitrogens with two attached hydrogens (primary N) is 1. The molecule has 2 N–H and O–H groups in total. The minimum absolute atomic E-state index is 0.392. The first kappa shape index (κ1) is 9.60. The molecule has 0 aliphatic heterocycles. The third-order valence-electron chi connectivity index (χ3n) is 1.64. The van der Waals surface area contributed by atoms with Gasteiger partial charge < -0.3 is 5.73 Å². The Bertz CT molecular complexity index is 328. The van der Waals surface area contributed by atoms with E-state index in [1.54, 1.807) is 0 Å². The van der Waals surface area contributed by atoms with Crippen LogP contribution in [0.4, 0.5) is 10.1 Å². The van der Waals surface area contributed by atoms with Crippen molar-refractivity contribution in [1.82, 2.24) is 0 Å². The molecule has 0 fully saturated rings. The molecule has 0 amide bonds. The summed E-state index contributed by atoms with van der Waals surface area (Å²) in [4.78, 5) is 9.57. The van der Waals surface area contributed by atoms with E-state index in [4.69, 9.17) is 5.73 Å². The Balaban J connectivity index is 3.04. The van der Waals surface area contributed by atoms with Crippen molar-refractivity contribution >= 4 is 5.69 Å². The van der Waals surface area contributed by atoms with Gasteiger partial charge in [-0.05, 0) is 24.6 Å². The van der Waals surface area contributed by atoms with Crippen molar-refractivity contribution < 1.29 is 9.31 Å². The molecule has 1 rings (SSSR count). The lowest BCUT2D eigenvalue weighted by Crippen LogP contribution is -2.03. The lowest BCUT2D eigenvalue weighted by Gasteiger charge is -1.98. The molecule has 0 aromatic heterocycles. The SMILES string of the molecule is NCCc1ccc(F)c([N+](=O)[O-])c1. The summed E-state index contributed by atoms with van der Waals surface area (Å²) < 4.78 is 12.8. The van der Waals surface area contributed by atoms with Gasteiger partial charge in [0.1, 0.15) is 0 Å². The zero-order valence-electron chi connectivity index (χ0n) is 6.87. The molecular weight excluding hydrogens is 175 g/mol. The molecule has 0 aliphatic rings. The Morgan fingerprint density at radius 1 is 1.54 bits per heavy atom. The van der Waals surface area contributed by atoms with Crippen LogP contribution in [0.15, 0.2) is 18.2 Å². The highest BCUT2D eigenvalue weighted by Gasteiger charge is 2.13. The molecule has 0 saturated heterocycles. The van der Waals surface area contributed by atoms with Crippen molar-refractivity contribution in [1.29, 1.82) is 0 Å². The van der Waals surface area contributed by atoms with E-state index < -0.39 is 16.4 Å². The molecule has 0 saturated carbocycles. The Kier molecular flexibility index (Phi) is 2.92. The number of benzene rings is 1. The van der Waals surface area contributed by atoms with Crippen LogP contribution in [0.25, 0.3) is 0 Å². The molecule has 0 heterocycles. The van der Waals surface area contributed by atoms with Crippen molar-refractivity contribution in [2.75, 3.05) is 6.54 Å². The molecule has 4 nitrogen and oxygen atoms in total. The van der Waals surface area contributed by atoms with Gasteiger partial charge in [0.2, 0.25) is 5.82 Å². The fraction of sp³-hybridized carbons (Fsp3) is 0.250. The molecule has 0 radical (unpaired) electrons. The number of nitrogens with zero attached hydrogens (tertiary/aromatic N) is 1. The van der Waals surface area contributed by atoms with Crippen LogP contribution in [0.5, 0.6) is 0 Å². The van der Waals surface area contributed by atoms with E-state index >= 15 is 0 Å². The van der Waals surface area contributed by atoms with Gasteiger partial charge in [0.15, 0.2) is 0 Å². The van der Waals surface area contributed by atoms with Gasteiger partial charge in [-0.1, -0.05) is 6.07 Å². The fourth-order valence-electron chi connectivity index (χ4n) is 1.02. The van der Waals surface area contributed by atoms with Crippen molar-refractivity contribution in [3.05, 3.63) is 39.7 Å². The quantitative estimate of drug-likeness (QED) is 0.567. The maximum absolute atomic E-state index is 12.8. The van der Waals surface area contributed by atoms with E-state index in [1.165, 1.54) is 12.1 Å². The first-order chi connectivity index (χ1) is 6.15. The largest absolute Gasteiger partial charge is 0.330 e. The smallest absolute Gasteiger partial charge is 0.305 e. The van der Waals surface area contributed by atoms with Gasteiger partial charge >= 0.3 is 5.69 Å². The molecule has 0 bridgehead atoms. The summed E-state index contributed by atoms with van der Waals surface area (Å²) >= 11 is 0. The Hall–Kier alpha value is -1.49. The summed E-state index contributed by atoms with van der Waals surface area (Å²) in [5.74, 6) is -0.814. The summed E-state index contributed by atoms with van der Waals surface area (Å²) in [6.45, 7) is 0.392. The summed E-state index contributed by atoms with van der Waals surface area (Å²) in [6, 6.07) is 3.79. The highest BCUT2D eigenvalue weighted by molar-refractivity contribution is 5.36. The number of halogens is 1. The fourth-order valence-corrected chi connectivity index (χ4v) is 1.02. The number of nitro groups is 1. The molecule has 70 valence electrons. The standard InChI is InChI=1S/C8H9FN2O2/c9-7-2-1-6(3-4-10)5-8(7)11(12)13/h1-2,5H,3-4,10H2. The topological polar surface area (TPSA) is 69.2 Å². The van der Waals surface area contributed by atoms with Crippen LogP contribution >= 0.6 is 0 Å². The zero-order chi connectivity index (χ0) is 9.84. The first-order valence-corrected chi connectivity index (χ1v) is 3.78. The lowest BCUT2D eigenvalue weighted by atomic mass is 10.1. The second-order valence-corrected chi connectivity index (χ2v) is 2.58. The molecule has 0 spiro atoms. The van der Waals surface area contributed by atoms with Gasteiger partial charge in [-0.25, -0.2) is 0 Å². The minimum Gasteiger partial charge on any atom is -0.330 e. The third kappa shape index (κ3) is 2.22. The van der Waals surface area contributed by atoms with Crippen LogP contribution in [0.2, 0.25) is 0 Å². The molecule has 0 aliphatic carbocycles. The maximum atomic E-state index is 12.8. The summed E-state index contributed by atoms with van der Waals surface area (Å²) in [7, 11) is 0. The maximum Gasteiger partial charge on any atom is 0.305 e. The van der Waals surface area contributed by atoms with E-state index in [0.717, 1.165) is 6.07 Å². The third-order valence-corrected chi connectivity index (χ3v) is 1.64. The highest BCUT2D eigenvalue weighted by atomic mass is 19.1. The van der Waals surface area contributed by atoms with Crippen LogP contribution < -0.4 is 5.73 Å². The van der Waals surface area contributed by atoms with Gasteiger partial charge in [-0.3, -0.25) is 10.1 Å². The van der Waals surface area contributed by atoms with Crippen LogP contribution in [-0.2, 0) is 6.42 Å². The molecule has 5 heteroatoms. The van der Waals surface area contributed by atoms with Crippen LogP contribution in [0, 0.1) is 15.9 Å². The zero-order valence-corrected chi connectivity index (χ0v) is 6.87. The molecule has 1 aromatic carbocycles. The van der Waals surface area contributed by atoms with E-state index in [1.807, 2.05) is 0 Å². The normalized spacial score (nSPS) is 10.0. The molecule has 0 atom stereocenters. The van der Waals surface area contributed by atoms with Crippen molar-refractivity contribution in [2.24, 2.45) is 5.73 Å². The van der Waals surface area contributed by atoms with E-state index in [2.05, 4.69) is 0 Å². The second kappa shape index (κ2) is 3.95. The molecule has 0 unspecified atom stereocenters. The molecule has 1 aromatic rings.